The van der Waals surface area contributed by atoms with Gasteiger partial charge in [0.05, 0.1) is 7.11 Å². The molecule has 0 unspecified atom stereocenters. The predicted octanol–water partition coefficient (Wildman–Crippen LogP) is 2.72. The molecule has 2 amide bonds. The van der Waals surface area contributed by atoms with E-state index < -0.39 is 0 Å². The van der Waals surface area contributed by atoms with Crippen LogP contribution in [0.1, 0.15) is 38.5 Å². The number of carbonyl (C=O) groups is 2. The summed E-state index contributed by atoms with van der Waals surface area (Å²) in [5.74, 6) is 1.02. The van der Waals surface area contributed by atoms with Crippen LogP contribution in [0.25, 0.3) is 0 Å². The molecular weight excluding hydrogens is 292 g/mol. The van der Waals surface area contributed by atoms with E-state index in [0.29, 0.717) is 6.04 Å². The molecule has 0 saturated heterocycles. The molecule has 2 fully saturated rings. The second-order valence-corrected chi connectivity index (χ2v) is 6.55. The van der Waals surface area contributed by atoms with Gasteiger partial charge in [-0.2, -0.15) is 0 Å². The van der Waals surface area contributed by atoms with E-state index in [1.165, 1.54) is 0 Å². The smallest absolute Gasteiger partial charge is 0.227 e. The topological polar surface area (TPSA) is 67.4 Å². The van der Waals surface area contributed by atoms with E-state index in [1.807, 2.05) is 24.3 Å². The number of hydrogen-bond acceptors (Lipinski definition) is 3. The molecule has 23 heavy (non-hydrogen) atoms. The minimum Gasteiger partial charge on any atom is -0.497 e. The van der Waals surface area contributed by atoms with Gasteiger partial charge >= 0.3 is 0 Å². The highest BCUT2D eigenvalue weighted by Crippen LogP contribution is 2.31. The zero-order valence-electron chi connectivity index (χ0n) is 13.5. The van der Waals surface area contributed by atoms with Crippen molar-refractivity contribution in [2.45, 2.75) is 44.6 Å². The Morgan fingerprint density at radius 3 is 2.26 bits per heavy atom. The third kappa shape index (κ3) is 4.24. The Morgan fingerprint density at radius 1 is 1.00 bits per heavy atom. The fraction of sp³-hybridized carbons (Fsp3) is 0.556. The van der Waals surface area contributed by atoms with Crippen LogP contribution in [0.15, 0.2) is 24.3 Å². The van der Waals surface area contributed by atoms with Gasteiger partial charge in [0.1, 0.15) is 5.75 Å². The van der Waals surface area contributed by atoms with Crippen molar-refractivity contribution in [1.29, 1.82) is 0 Å². The van der Waals surface area contributed by atoms with E-state index in [1.54, 1.807) is 7.11 Å². The molecule has 2 aliphatic rings. The van der Waals surface area contributed by atoms with Gasteiger partial charge < -0.3 is 15.4 Å². The average molecular weight is 316 g/mol. The number of hydrogen-bond donors (Lipinski definition) is 2. The van der Waals surface area contributed by atoms with Gasteiger partial charge in [-0.25, -0.2) is 0 Å². The fourth-order valence-corrected chi connectivity index (χ4v) is 3.11. The maximum atomic E-state index is 12.4. The zero-order chi connectivity index (χ0) is 16.2. The van der Waals surface area contributed by atoms with Crippen LogP contribution in [-0.2, 0) is 9.59 Å². The molecule has 3 rings (SSSR count). The number of carbonyl (C=O) groups excluding carboxylic acids is 2. The summed E-state index contributed by atoms with van der Waals surface area (Å²) < 4.78 is 5.16. The lowest BCUT2D eigenvalue weighted by Gasteiger charge is -2.27. The van der Waals surface area contributed by atoms with Gasteiger partial charge in [0.25, 0.3) is 0 Å². The molecule has 2 N–H and O–H groups in total. The summed E-state index contributed by atoms with van der Waals surface area (Å²) in [5, 5.41) is 6.02. The van der Waals surface area contributed by atoms with Crippen LogP contribution in [-0.4, -0.2) is 25.0 Å². The number of methoxy groups -OCH3 is 1. The Hall–Kier alpha value is -2.04. The van der Waals surface area contributed by atoms with Crippen molar-refractivity contribution in [3.8, 4) is 5.75 Å². The Kier molecular flexibility index (Phi) is 4.84. The van der Waals surface area contributed by atoms with Gasteiger partial charge in [0.2, 0.25) is 11.8 Å². The van der Waals surface area contributed by atoms with Crippen LogP contribution < -0.4 is 15.4 Å². The molecule has 2 aliphatic carbocycles. The number of ether oxygens (including phenoxy) is 1. The van der Waals surface area contributed by atoms with Gasteiger partial charge in [0, 0.05) is 29.6 Å². The fourth-order valence-electron chi connectivity index (χ4n) is 3.11. The molecule has 0 heterocycles. The first-order valence-corrected chi connectivity index (χ1v) is 8.41. The molecule has 0 aromatic heterocycles. The second-order valence-electron chi connectivity index (χ2n) is 6.55. The summed E-state index contributed by atoms with van der Waals surface area (Å²) in [7, 11) is 1.61. The highest BCUT2D eigenvalue weighted by atomic mass is 16.5. The predicted molar refractivity (Wildman–Crippen MR) is 88.2 cm³/mol. The van der Waals surface area contributed by atoms with Crippen LogP contribution in [0.3, 0.4) is 0 Å². The molecule has 124 valence electrons. The Bertz CT molecular complexity index is 575. The summed E-state index contributed by atoms with van der Waals surface area (Å²) in [5.41, 5.74) is 0.753. The van der Waals surface area contributed by atoms with E-state index in [2.05, 4.69) is 10.6 Å². The first-order chi connectivity index (χ1) is 11.2. The van der Waals surface area contributed by atoms with Crippen LogP contribution in [0.4, 0.5) is 5.69 Å². The molecular formula is C18H24N2O3. The Labute approximate surface area is 136 Å². The largest absolute Gasteiger partial charge is 0.497 e. The molecule has 5 nitrogen and oxygen atoms in total. The van der Waals surface area contributed by atoms with Crippen LogP contribution in [0.2, 0.25) is 0 Å². The van der Waals surface area contributed by atoms with Crippen LogP contribution in [0, 0.1) is 11.8 Å². The molecule has 1 aromatic rings. The first kappa shape index (κ1) is 15.8. The molecule has 5 heteroatoms. The third-order valence-corrected chi connectivity index (χ3v) is 4.73. The van der Waals surface area contributed by atoms with E-state index in [0.717, 1.165) is 50.0 Å². The molecule has 0 aliphatic heterocycles. The van der Waals surface area contributed by atoms with Crippen molar-refractivity contribution in [2.75, 3.05) is 12.4 Å². The lowest BCUT2D eigenvalue weighted by Crippen LogP contribution is -2.36. The van der Waals surface area contributed by atoms with Crippen molar-refractivity contribution < 1.29 is 14.3 Å². The number of anilines is 1. The quantitative estimate of drug-likeness (QED) is 0.877. The summed E-state index contributed by atoms with van der Waals surface area (Å²) in [6.45, 7) is 0. The van der Waals surface area contributed by atoms with Crippen molar-refractivity contribution in [2.24, 2.45) is 11.8 Å². The summed E-state index contributed by atoms with van der Waals surface area (Å²) in [4.78, 5) is 24.4. The first-order valence-electron chi connectivity index (χ1n) is 8.41. The molecule has 0 spiro atoms. The Morgan fingerprint density at radius 2 is 1.65 bits per heavy atom. The minimum absolute atomic E-state index is 0.00817. The maximum absolute atomic E-state index is 12.4. The van der Waals surface area contributed by atoms with Gasteiger partial charge in [-0.3, -0.25) is 9.59 Å². The lowest BCUT2D eigenvalue weighted by molar-refractivity contribution is -0.128. The second kappa shape index (κ2) is 7.02. The Balaban J connectivity index is 1.48. The third-order valence-electron chi connectivity index (χ3n) is 4.73. The normalized spacial score (nSPS) is 23.9. The highest BCUT2D eigenvalue weighted by Gasteiger charge is 2.32. The number of benzene rings is 1. The maximum Gasteiger partial charge on any atom is 0.227 e. The molecule has 1 aromatic carbocycles. The van der Waals surface area contributed by atoms with Gasteiger partial charge in [-0.1, -0.05) is 6.07 Å². The molecule has 0 atom stereocenters. The zero-order valence-corrected chi connectivity index (χ0v) is 13.5. The highest BCUT2D eigenvalue weighted by molar-refractivity contribution is 5.93. The van der Waals surface area contributed by atoms with Crippen molar-refractivity contribution in [3.05, 3.63) is 24.3 Å². The van der Waals surface area contributed by atoms with Gasteiger partial charge in [-0.15, -0.1) is 0 Å². The average Bonchev–Trinajstić information content (AvgIpc) is 3.39. The number of rotatable bonds is 5. The van der Waals surface area contributed by atoms with Crippen LogP contribution >= 0.6 is 0 Å². The minimum atomic E-state index is -0.00817. The molecule has 0 radical (unpaired) electrons. The summed E-state index contributed by atoms with van der Waals surface area (Å²) >= 11 is 0. The van der Waals surface area contributed by atoms with Gasteiger partial charge in [-0.05, 0) is 50.7 Å². The van der Waals surface area contributed by atoms with E-state index >= 15 is 0 Å². The monoisotopic (exact) mass is 316 g/mol. The lowest BCUT2D eigenvalue weighted by atomic mass is 9.81. The van der Waals surface area contributed by atoms with Crippen molar-refractivity contribution in [3.63, 3.8) is 0 Å². The van der Waals surface area contributed by atoms with Gasteiger partial charge in [0.15, 0.2) is 0 Å². The van der Waals surface area contributed by atoms with E-state index in [4.69, 9.17) is 4.74 Å². The SMILES string of the molecule is COc1cccc(NC(=O)C2CCC(C(=O)NC3CC3)CC2)c1. The van der Waals surface area contributed by atoms with Crippen LogP contribution in [0.5, 0.6) is 5.75 Å². The number of amides is 2. The van der Waals surface area contributed by atoms with Crippen molar-refractivity contribution in [1.82, 2.24) is 5.32 Å². The molecule has 2 saturated carbocycles. The summed E-state index contributed by atoms with van der Waals surface area (Å²) in [6, 6.07) is 7.78. The van der Waals surface area contributed by atoms with Crippen molar-refractivity contribution >= 4 is 17.5 Å². The van der Waals surface area contributed by atoms with E-state index in [9.17, 15) is 9.59 Å². The number of nitrogens with one attached hydrogen (secondary N) is 2. The van der Waals surface area contributed by atoms with E-state index in [-0.39, 0.29) is 23.7 Å². The standard InChI is InChI=1S/C18H24N2O3/c1-23-16-4-2-3-15(11-16)20-18(22)13-7-5-12(6-8-13)17(21)19-14-9-10-14/h2-4,11-14H,5-10H2,1H3,(H,19,21)(H,20,22). The molecule has 0 bridgehead atoms. The summed E-state index contributed by atoms with van der Waals surface area (Å²) in [6.07, 6.45) is 5.38.